The van der Waals surface area contributed by atoms with Gasteiger partial charge in [-0.15, -0.1) is 24.0 Å². The zero-order valence-corrected chi connectivity index (χ0v) is 20.9. The van der Waals surface area contributed by atoms with Crippen LogP contribution in [0.5, 0.6) is 0 Å². The van der Waals surface area contributed by atoms with Crippen molar-refractivity contribution < 1.29 is 9.47 Å². The van der Waals surface area contributed by atoms with Crippen molar-refractivity contribution in [3.63, 3.8) is 0 Å². The van der Waals surface area contributed by atoms with Crippen LogP contribution in [0.25, 0.3) is 0 Å². The second-order valence-corrected chi connectivity index (χ2v) is 8.68. The molecule has 9 heteroatoms. The molecule has 3 aliphatic rings. The summed E-state index contributed by atoms with van der Waals surface area (Å²) in [5, 5.41) is 12.0. The van der Waals surface area contributed by atoms with E-state index in [-0.39, 0.29) is 29.4 Å². The lowest BCUT2D eigenvalue weighted by Crippen LogP contribution is -2.67. The maximum Gasteiger partial charge on any atom is 0.191 e. The first-order valence-electron chi connectivity index (χ1n) is 11.2. The van der Waals surface area contributed by atoms with Crippen LogP contribution in [0, 0.1) is 5.41 Å². The minimum Gasteiger partial charge on any atom is -0.378 e. The van der Waals surface area contributed by atoms with Gasteiger partial charge in [0.05, 0.1) is 12.6 Å². The van der Waals surface area contributed by atoms with Crippen LogP contribution in [0.15, 0.2) is 4.99 Å². The van der Waals surface area contributed by atoms with E-state index in [1.165, 1.54) is 32.1 Å². The molecular formula is C21H37IN6O2. The van der Waals surface area contributed by atoms with Crippen LogP contribution in [-0.2, 0) is 29.0 Å². The third kappa shape index (κ3) is 4.77. The van der Waals surface area contributed by atoms with Crippen molar-refractivity contribution >= 4 is 29.9 Å². The molecule has 0 aromatic carbocycles. The molecule has 170 valence electrons. The van der Waals surface area contributed by atoms with Crippen molar-refractivity contribution in [2.24, 2.45) is 10.4 Å². The van der Waals surface area contributed by atoms with Crippen molar-refractivity contribution in [2.75, 3.05) is 20.8 Å². The number of methoxy groups -OCH3 is 1. The Morgan fingerprint density at radius 1 is 1.27 bits per heavy atom. The Kier molecular flexibility index (Phi) is 8.37. The number of aryl methyl sites for hydroxylation is 1. The summed E-state index contributed by atoms with van der Waals surface area (Å²) in [5.74, 6) is 2.72. The average Bonchev–Trinajstić information content (AvgIpc) is 3.14. The molecular weight excluding hydrogens is 495 g/mol. The number of fused-ring (bicyclic) bond motifs is 1. The van der Waals surface area contributed by atoms with Gasteiger partial charge >= 0.3 is 0 Å². The van der Waals surface area contributed by atoms with Crippen molar-refractivity contribution in [1.29, 1.82) is 0 Å². The van der Waals surface area contributed by atoms with Gasteiger partial charge in [0, 0.05) is 44.7 Å². The van der Waals surface area contributed by atoms with E-state index in [4.69, 9.17) is 9.47 Å². The van der Waals surface area contributed by atoms with Gasteiger partial charge in [-0.1, -0.05) is 19.3 Å². The summed E-state index contributed by atoms with van der Waals surface area (Å²) < 4.78 is 13.3. The molecule has 30 heavy (non-hydrogen) atoms. The zero-order valence-electron chi connectivity index (χ0n) is 18.5. The van der Waals surface area contributed by atoms with E-state index in [9.17, 15) is 0 Å². The molecule has 2 fully saturated rings. The van der Waals surface area contributed by atoms with E-state index >= 15 is 0 Å². The second-order valence-electron chi connectivity index (χ2n) is 8.68. The van der Waals surface area contributed by atoms with Gasteiger partial charge in [0.1, 0.15) is 12.4 Å². The SMILES string of the molecule is CCOC1CC(NC(=NC)NC2CCc3nc(COC)nn3C2)C12CCCCC2.I. The highest BCUT2D eigenvalue weighted by Crippen LogP contribution is 2.53. The van der Waals surface area contributed by atoms with Gasteiger partial charge in [0.2, 0.25) is 0 Å². The summed E-state index contributed by atoms with van der Waals surface area (Å²) >= 11 is 0. The van der Waals surface area contributed by atoms with E-state index in [1.807, 2.05) is 11.7 Å². The number of ether oxygens (including phenoxy) is 2. The number of aromatic nitrogens is 3. The fraction of sp³-hybridized carbons (Fsp3) is 0.857. The summed E-state index contributed by atoms with van der Waals surface area (Å²) in [5.41, 5.74) is 0.284. The van der Waals surface area contributed by atoms with Crippen molar-refractivity contribution in [3.8, 4) is 0 Å². The fourth-order valence-corrected chi connectivity index (χ4v) is 5.46. The van der Waals surface area contributed by atoms with Gasteiger partial charge in [-0.25, -0.2) is 9.67 Å². The molecule has 3 unspecified atom stereocenters. The largest absolute Gasteiger partial charge is 0.378 e. The minimum absolute atomic E-state index is 0. The van der Waals surface area contributed by atoms with Gasteiger partial charge in [-0.3, -0.25) is 4.99 Å². The molecule has 1 spiro atoms. The minimum atomic E-state index is 0. The molecule has 0 bridgehead atoms. The van der Waals surface area contributed by atoms with E-state index in [0.717, 1.165) is 50.0 Å². The molecule has 2 N–H and O–H groups in total. The number of aliphatic imine (C=N–C) groups is 1. The van der Waals surface area contributed by atoms with Crippen LogP contribution < -0.4 is 10.6 Å². The van der Waals surface area contributed by atoms with Gasteiger partial charge in [0.15, 0.2) is 11.8 Å². The lowest BCUT2D eigenvalue weighted by Gasteiger charge is -2.58. The summed E-state index contributed by atoms with van der Waals surface area (Å²) in [6.07, 6.45) is 9.94. The molecule has 2 aliphatic carbocycles. The molecule has 2 heterocycles. The number of guanidine groups is 1. The maximum absolute atomic E-state index is 6.10. The molecule has 0 amide bonds. The van der Waals surface area contributed by atoms with E-state index in [2.05, 4.69) is 32.6 Å². The predicted molar refractivity (Wildman–Crippen MR) is 127 cm³/mol. The molecule has 2 saturated carbocycles. The number of nitrogens with one attached hydrogen (secondary N) is 2. The third-order valence-electron chi connectivity index (χ3n) is 6.99. The summed E-state index contributed by atoms with van der Waals surface area (Å²) in [4.78, 5) is 9.10. The van der Waals surface area contributed by atoms with Gasteiger partial charge in [0.25, 0.3) is 0 Å². The quantitative estimate of drug-likeness (QED) is 0.333. The molecule has 1 aromatic heterocycles. The van der Waals surface area contributed by atoms with Crippen LogP contribution in [-0.4, -0.2) is 59.7 Å². The molecule has 0 saturated heterocycles. The number of hydrogen-bond acceptors (Lipinski definition) is 5. The Hall–Kier alpha value is -0.940. The van der Waals surface area contributed by atoms with E-state index < -0.39 is 0 Å². The molecule has 4 rings (SSSR count). The fourth-order valence-electron chi connectivity index (χ4n) is 5.46. The number of rotatable bonds is 6. The molecule has 8 nitrogen and oxygen atoms in total. The first kappa shape index (κ1) is 23.7. The van der Waals surface area contributed by atoms with Crippen LogP contribution in [0.3, 0.4) is 0 Å². The highest BCUT2D eigenvalue weighted by atomic mass is 127. The Bertz CT molecular complexity index is 718. The van der Waals surface area contributed by atoms with Crippen molar-refractivity contribution in [3.05, 3.63) is 11.6 Å². The van der Waals surface area contributed by atoms with Gasteiger partial charge in [-0.05, 0) is 32.6 Å². The Morgan fingerprint density at radius 3 is 2.77 bits per heavy atom. The summed E-state index contributed by atoms with van der Waals surface area (Å²) in [6, 6.07) is 0.750. The van der Waals surface area contributed by atoms with Crippen LogP contribution in [0.2, 0.25) is 0 Å². The topological polar surface area (TPSA) is 85.6 Å². The first-order chi connectivity index (χ1) is 14.2. The first-order valence-corrected chi connectivity index (χ1v) is 11.2. The van der Waals surface area contributed by atoms with Gasteiger partial charge in [-0.2, -0.15) is 5.10 Å². The number of hydrogen-bond donors (Lipinski definition) is 2. The normalized spacial score (nSPS) is 27.7. The third-order valence-corrected chi connectivity index (χ3v) is 6.99. The van der Waals surface area contributed by atoms with Crippen LogP contribution in [0.1, 0.15) is 63.5 Å². The molecule has 0 radical (unpaired) electrons. The standard InChI is InChI=1S/C21H36N6O2.HI/c1-4-29-17-12-16(21(17)10-6-5-7-11-21)24-20(22-2)23-15-8-9-19-25-18(14-28-3)26-27(19)13-15;/h15-17H,4-14H2,1-3H3,(H2,22,23,24);1H. The smallest absolute Gasteiger partial charge is 0.191 e. The summed E-state index contributed by atoms with van der Waals surface area (Å²) in [6.45, 7) is 4.19. The maximum atomic E-state index is 6.10. The van der Waals surface area contributed by atoms with Gasteiger partial charge < -0.3 is 20.1 Å². The Balaban J connectivity index is 0.00000256. The predicted octanol–water partition coefficient (Wildman–Crippen LogP) is 2.65. The highest BCUT2D eigenvalue weighted by Gasteiger charge is 2.55. The monoisotopic (exact) mass is 532 g/mol. The van der Waals surface area contributed by atoms with E-state index in [1.54, 1.807) is 7.11 Å². The molecule has 1 aromatic rings. The Labute approximate surface area is 197 Å². The number of nitrogens with zero attached hydrogens (tertiary/aromatic N) is 4. The summed E-state index contributed by atoms with van der Waals surface area (Å²) in [7, 11) is 3.54. The second kappa shape index (κ2) is 10.6. The van der Waals surface area contributed by atoms with Crippen molar-refractivity contribution in [1.82, 2.24) is 25.4 Å². The molecule has 3 atom stereocenters. The van der Waals surface area contributed by atoms with Crippen LogP contribution >= 0.6 is 24.0 Å². The van der Waals surface area contributed by atoms with Crippen molar-refractivity contribution in [2.45, 2.75) is 89.6 Å². The zero-order chi connectivity index (χ0) is 20.3. The molecule has 1 aliphatic heterocycles. The Morgan fingerprint density at radius 2 is 2.07 bits per heavy atom. The highest BCUT2D eigenvalue weighted by molar-refractivity contribution is 14.0. The lowest BCUT2D eigenvalue weighted by atomic mass is 9.55. The lowest BCUT2D eigenvalue weighted by molar-refractivity contribution is -0.145. The number of halogens is 1. The van der Waals surface area contributed by atoms with Crippen LogP contribution in [0.4, 0.5) is 0 Å². The average molecular weight is 532 g/mol. The van der Waals surface area contributed by atoms with E-state index in [0.29, 0.717) is 24.8 Å².